The number of halogens is 5. The van der Waals surface area contributed by atoms with Crippen LogP contribution in [0.5, 0.6) is 5.75 Å². The molecule has 124 valence electrons. The Bertz CT molecular complexity index is 680. The van der Waals surface area contributed by atoms with Crippen molar-refractivity contribution in [2.45, 2.75) is 42.5 Å². The van der Waals surface area contributed by atoms with Gasteiger partial charge in [0.05, 0.1) is 11.5 Å². The highest BCUT2D eigenvalue weighted by Crippen LogP contribution is 2.44. The summed E-state index contributed by atoms with van der Waals surface area (Å²) >= 11 is 0. The van der Waals surface area contributed by atoms with E-state index in [-0.39, 0.29) is 17.9 Å². The van der Waals surface area contributed by atoms with E-state index in [0.717, 1.165) is 6.07 Å². The molecule has 0 N–H and O–H groups in total. The molecule has 1 aromatic carbocycles. The Hall–Kier alpha value is -1.38. The molecule has 0 radical (unpaired) electrons. The van der Waals surface area contributed by atoms with Crippen LogP contribution >= 0.6 is 0 Å². The summed E-state index contributed by atoms with van der Waals surface area (Å²) in [6, 6.07) is 1.70. The molecule has 9 heteroatoms. The Morgan fingerprint density at radius 3 is 2.32 bits per heavy atom. The molecule has 0 amide bonds. The van der Waals surface area contributed by atoms with Gasteiger partial charge in [-0.1, -0.05) is 6.92 Å². The summed E-state index contributed by atoms with van der Waals surface area (Å²) in [4.78, 5) is -1.11. The summed E-state index contributed by atoms with van der Waals surface area (Å²) < 4.78 is 93.5. The lowest BCUT2D eigenvalue weighted by Crippen LogP contribution is -2.25. The molecule has 0 aliphatic heterocycles. The number of benzene rings is 1. The van der Waals surface area contributed by atoms with E-state index in [4.69, 9.17) is 4.74 Å². The Balaban J connectivity index is 2.60. The van der Waals surface area contributed by atoms with Gasteiger partial charge in [-0.2, -0.15) is 13.2 Å². The summed E-state index contributed by atoms with van der Waals surface area (Å²) in [5, 5.41) is 0. The Morgan fingerprint density at radius 1 is 1.18 bits per heavy atom. The third-order valence-electron chi connectivity index (χ3n) is 3.27. The molecule has 22 heavy (non-hydrogen) atoms. The van der Waals surface area contributed by atoms with Crippen molar-refractivity contribution in [3.63, 3.8) is 0 Å². The maximum absolute atomic E-state index is 13.6. The SMILES string of the molecule is CCCOc1ccc(S(=O)(=O)C(F)(F)F)c2c1CC(F)(F)C2. The third-order valence-corrected chi connectivity index (χ3v) is 4.84. The van der Waals surface area contributed by atoms with E-state index in [0.29, 0.717) is 12.5 Å². The van der Waals surface area contributed by atoms with E-state index < -0.39 is 44.6 Å². The zero-order valence-corrected chi connectivity index (χ0v) is 12.3. The van der Waals surface area contributed by atoms with E-state index in [1.54, 1.807) is 6.92 Å². The van der Waals surface area contributed by atoms with Gasteiger partial charge in [-0.3, -0.25) is 0 Å². The molecule has 0 heterocycles. The smallest absolute Gasteiger partial charge is 0.493 e. The Morgan fingerprint density at radius 2 is 1.77 bits per heavy atom. The maximum atomic E-state index is 13.6. The molecule has 0 saturated carbocycles. The fourth-order valence-corrected chi connectivity index (χ4v) is 3.36. The van der Waals surface area contributed by atoms with Gasteiger partial charge in [0.25, 0.3) is 15.8 Å². The Labute approximate surface area is 124 Å². The van der Waals surface area contributed by atoms with E-state index in [2.05, 4.69) is 0 Å². The van der Waals surface area contributed by atoms with Crippen LogP contribution in [0.2, 0.25) is 0 Å². The van der Waals surface area contributed by atoms with Gasteiger partial charge in [0.1, 0.15) is 5.75 Å². The highest BCUT2D eigenvalue weighted by molar-refractivity contribution is 7.92. The normalized spacial score (nSPS) is 17.4. The lowest BCUT2D eigenvalue weighted by molar-refractivity contribution is -0.0437. The van der Waals surface area contributed by atoms with Crippen molar-refractivity contribution < 1.29 is 35.1 Å². The van der Waals surface area contributed by atoms with Gasteiger partial charge in [-0.25, -0.2) is 17.2 Å². The molecule has 0 aromatic heterocycles. The van der Waals surface area contributed by atoms with Gasteiger partial charge in [-0.15, -0.1) is 0 Å². The molecule has 0 unspecified atom stereocenters. The molecule has 0 bridgehead atoms. The van der Waals surface area contributed by atoms with Gasteiger partial charge < -0.3 is 4.74 Å². The van der Waals surface area contributed by atoms with Crippen LogP contribution in [0.3, 0.4) is 0 Å². The van der Waals surface area contributed by atoms with E-state index >= 15 is 0 Å². The molecule has 0 fully saturated rings. The maximum Gasteiger partial charge on any atom is 0.501 e. The summed E-state index contributed by atoms with van der Waals surface area (Å²) in [6.45, 7) is 1.97. The van der Waals surface area contributed by atoms with Gasteiger partial charge >= 0.3 is 5.51 Å². The number of fused-ring (bicyclic) bond motifs is 1. The van der Waals surface area contributed by atoms with Crippen LogP contribution in [-0.2, 0) is 22.7 Å². The second kappa shape index (κ2) is 5.36. The average molecular weight is 344 g/mol. The first-order valence-corrected chi connectivity index (χ1v) is 7.94. The highest BCUT2D eigenvalue weighted by atomic mass is 32.2. The minimum Gasteiger partial charge on any atom is -0.493 e. The van der Waals surface area contributed by atoms with Crippen LogP contribution in [-0.4, -0.2) is 26.5 Å². The van der Waals surface area contributed by atoms with Crippen LogP contribution in [0.1, 0.15) is 24.5 Å². The fourth-order valence-electron chi connectivity index (χ4n) is 2.34. The van der Waals surface area contributed by atoms with Crippen LogP contribution in [0.4, 0.5) is 22.0 Å². The van der Waals surface area contributed by atoms with E-state index in [9.17, 15) is 30.4 Å². The van der Waals surface area contributed by atoms with E-state index in [1.165, 1.54) is 0 Å². The zero-order valence-electron chi connectivity index (χ0n) is 11.5. The minimum absolute atomic E-state index is 0.00940. The molecule has 1 aliphatic carbocycles. The molecule has 1 aliphatic rings. The summed E-state index contributed by atoms with van der Waals surface area (Å²) in [6.07, 6.45) is -1.30. The van der Waals surface area contributed by atoms with Gasteiger partial charge in [0.2, 0.25) is 0 Å². The van der Waals surface area contributed by atoms with Crippen molar-refractivity contribution in [1.82, 2.24) is 0 Å². The minimum atomic E-state index is -5.68. The monoisotopic (exact) mass is 344 g/mol. The number of rotatable bonds is 4. The van der Waals surface area contributed by atoms with Crippen LogP contribution in [0.25, 0.3) is 0 Å². The average Bonchev–Trinajstić information content (AvgIpc) is 2.69. The number of hydrogen-bond acceptors (Lipinski definition) is 3. The molecular weight excluding hydrogens is 331 g/mol. The van der Waals surface area contributed by atoms with Crippen LogP contribution in [0.15, 0.2) is 17.0 Å². The first-order chi connectivity index (χ1) is 9.99. The van der Waals surface area contributed by atoms with Gasteiger partial charge in [-0.05, 0) is 24.1 Å². The second-order valence-corrected chi connectivity index (χ2v) is 6.94. The van der Waals surface area contributed by atoms with Crippen LogP contribution in [0, 0.1) is 0 Å². The highest BCUT2D eigenvalue weighted by Gasteiger charge is 2.51. The standard InChI is InChI=1S/C13H13F5O3S/c1-2-5-21-10-3-4-11(22(19,20)13(16,17)18)9-7-12(14,15)6-8(9)10/h3-4H,2,5-7H2,1H3. The summed E-state index contributed by atoms with van der Waals surface area (Å²) in [5.74, 6) is -3.28. The van der Waals surface area contributed by atoms with Crippen LogP contribution < -0.4 is 4.74 Å². The molecule has 3 nitrogen and oxygen atoms in total. The first-order valence-electron chi connectivity index (χ1n) is 6.46. The van der Waals surface area contributed by atoms with Gasteiger partial charge in [0.15, 0.2) is 0 Å². The van der Waals surface area contributed by atoms with E-state index in [1.807, 2.05) is 0 Å². The zero-order chi connectivity index (χ0) is 16.8. The number of sulfone groups is 1. The third kappa shape index (κ3) is 2.90. The first kappa shape index (κ1) is 17.0. The number of alkyl halides is 5. The predicted molar refractivity (Wildman–Crippen MR) is 67.8 cm³/mol. The molecule has 0 spiro atoms. The molecule has 1 aromatic rings. The van der Waals surface area contributed by atoms with Crippen molar-refractivity contribution in [1.29, 1.82) is 0 Å². The number of ether oxygens (including phenoxy) is 1. The topological polar surface area (TPSA) is 43.4 Å². The lowest BCUT2D eigenvalue weighted by Gasteiger charge is -2.15. The molecular formula is C13H13F5O3S. The summed E-state index contributed by atoms with van der Waals surface area (Å²) in [5.41, 5.74) is -6.20. The molecule has 0 saturated heterocycles. The van der Waals surface area contributed by atoms with Crippen molar-refractivity contribution in [2.24, 2.45) is 0 Å². The quantitative estimate of drug-likeness (QED) is 0.785. The fraction of sp³-hybridized carbons (Fsp3) is 0.538. The van der Waals surface area contributed by atoms with Crippen molar-refractivity contribution >= 4 is 9.84 Å². The van der Waals surface area contributed by atoms with Crippen molar-refractivity contribution in [2.75, 3.05) is 6.61 Å². The lowest BCUT2D eigenvalue weighted by atomic mass is 10.1. The molecule has 0 atom stereocenters. The second-order valence-electron chi connectivity index (χ2n) is 5.03. The summed E-state index contributed by atoms with van der Waals surface area (Å²) in [7, 11) is -5.68. The van der Waals surface area contributed by atoms with Gasteiger partial charge in [0, 0.05) is 18.4 Å². The Kier molecular flexibility index (Phi) is 4.14. The predicted octanol–water partition coefficient (Wildman–Crippen LogP) is 3.50. The van der Waals surface area contributed by atoms with Crippen molar-refractivity contribution in [3.8, 4) is 5.75 Å². The molecule has 2 rings (SSSR count). The largest absolute Gasteiger partial charge is 0.501 e. The van der Waals surface area contributed by atoms with Crippen molar-refractivity contribution in [3.05, 3.63) is 23.3 Å². The number of hydrogen-bond donors (Lipinski definition) is 0.